The van der Waals surface area contributed by atoms with Crippen LogP contribution in [0.1, 0.15) is 50.6 Å². The van der Waals surface area contributed by atoms with Gasteiger partial charge in [-0.3, -0.25) is 18.9 Å². The summed E-state index contributed by atoms with van der Waals surface area (Å²) in [5, 5.41) is 0. The lowest BCUT2D eigenvalue weighted by Crippen LogP contribution is -2.45. The first kappa shape index (κ1) is 24.8. The predicted molar refractivity (Wildman–Crippen MR) is 141 cm³/mol. The smallest absolute Gasteiger partial charge is 0.329 e. The number of likely N-dealkylation sites (tertiary alicyclic amines) is 1. The number of pyridine rings is 1. The number of hydrogen-bond acceptors (Lipinski definition) is 4. The third-order valence-corrected chi connectivity index (χ3v) is 8.47. The van der Waals surface area contributed by atoms with Crippen molar-refractivity contribution in [1.29, 1.82) is 0 Å². The Bertz CT molecular complexity index is 1230. The normalized spacial score (nSPS) is 23.3. The zero-order valence-corrected chi connectivity index (χ0v) is 21.5. The molecule has 3 atom stereocenters. The standard InChI is InChI=1S/C29H38N4O3/c1-21-19-24(8-7-23(21)20-22-9-13-30-14-10-22)28(34)31-15-11-25(12-16-31)33-27-6-4-3-5-26(27)32(29(33)35)17-18-36-2/h3-6,9-10,13-14,21,23-25H,7-8,11-12,15-20H2,1-2H3. The number of benzene rings is 1. The van der Waals surface area contributed by atoms with E-state index in [2.05, 4.69) is 28.9 Å². The Labute approximate surface area is 213 Å². The van der Waals surface area contributed by atoms with Crippen LogP contribution in [0, 0.1) is 17.8 Å². The number of nitrogens with zero attached hydrogens (tertiary/aromatic N) is 4. The lowest BCUT2D eigenvalue weighted by atomic mass is 9.72. The molecule has 1 amide bonds. The second-order valence-electron chi connectivity index (χ2n) is 10.6. The Kier molecular flexibility index (Phi) is 7.56. The maximum atomic E-state index is 13.4. The molecule has 3 heterocycles. The van der Waals surface area contributed by atoms with E-state index in [1.54, 1.807) is 7.11 Å². The van der Waals surface area contributed by atoms with E-state index >= 15 is 0 Å². The summed E-state index contributed by atoms with van der Waals surface area (Å²) >= 11 is 0. The number of imidazole rings is 1. The monoisotopic (exact) mass is 490 g/mol. The van der Waals surface area contributed by atoms with E-state index < -0.39 is 0 Å². The lowest BCUT2D eigenvalue weighted by molar-refractivity contribution is -0.138. The number of carbonyl (C=O) groups excluding carboxylic acids is 1. The summed E-state index contributed by atoms with van der Waals surface area (Å²) in [6.07, 6.45) is 9.49. The summed E-state index contributed by atoms with van der Waals surface area (Å²) in [5.41, 5.74) is 3.30. The average Bonchev–Trinajstić information content (AvgIpc) is 3.19. The Hall–Kier alpha value is -2.93. The van der Waals surface area contributed by atoms with Crippen LogP contribution >= 0.6 is 0 Å². The van der Waals surface area contributed by atoms with Gasteiger partial charge < -0.3 is 9.64 Å². The highest BCUT2D eigenvalue weighted by atomic mass is 16.5. The van der Waals surface area contributed by atoms with Gasteiger partial charge in [0.15, 0.2) is 0 Å². The topological polar surface area (TPSA) is 69.4 Å². The van der Waals surface area contributed by atoms with E-state index in [9.17, 15) is 9.59 Å². The van der Waals surface area contributed by atoms with E-state index in [1.807, 2.05) is 45.8 Å². The van der Waals surface area contributed by atoms with Crippen LogP contribution in [0.15, 0.2) is 53.6 Å². The molecule has 1 saturated carbocycles. The van der Waals surface area contributed by atoms with E-state index in [4.69, 9.17) is 4.74 Å². The molecule has 0 bridgehead atoms. The molecular weight excluding hydrogens is 452 g/mol. The van der Waals surface area contributed by atoms with E-state index in [0.29, 0.717) is 30.9 Å². The summed E-state index contributed by atoms with van der Waals surface area (Å²) in [6, 6.07) is 12.3. The zero-order chi connectivity index (χ0) is 25.1. The van der Waals surface area contributed by atoms with E-state index in [1.165, 1.54) is 5.56 Å². The van der Waals surface area contributed by atoms with Gasteiger partial charge in [0.25, 0.3) is 0 Å². The Morgan fingerprint density at radius 3 is 2.44 bits per heavy atom. The summed E-state index contributed by atoms with van der Waals surface area (Å²) in [5.74, 6) is 1.61. The van der Waals surface area contributed by atoms with Gasteiger partial charge in [-0.1, -0.05) is 19.1 Å². The van der Waals surface area contributed by atoms with E-state index in [-0.39, 0.29) is 17.6 Å². The second kappa shape index (κ2) is 11.0. The second-order valence-corrected chi connectivity index (χ2v) is 10.6. The van der Waals surface area contributed by atoms with Gasteiger partial charge in [-0.15, -0.1) is 0 Å². The highest BCUT2D eigenvalue weighted by Crippen LogP contribution is 2.37. The van der Waals surface area contributed by atoms with Gasteiger partial charge in [0, 0.05) is 44.6 Å². The largest absolute Gasteiger partial charge is 0.383 e. The molecule has 2 aromatic heterocycles. The highest BCUT2D eigenvalue weighted by molar-refractivity contribution is 5.79. The van der Waals surface area contributed by atoms with Gasteiger partial charge in [0.2, 0.25) is 5.91 Å². The highest BCUT2D eigenvalue weighted by Gasteiger charge is 2.35. The van der Waals surface area contributed by atoms with Crippen molar-refractivity contribution in [3.05, 3.63) is 64.8 Å². The molecule has 36 heavy (non-hydrogen) atoms. The van der Waals surface area contributed by atoms with Crippen LogP contribution in [0.4, 0.5) is 0 Å². The molecule has 1 aromatic carbocycles. The van der Waals surface area contributed by atoms with Gasteiger partial charge in [0.05, 0.1) is 24.2 Å². The average molecular weight is 491 g/mol. The van der Waals surface area contributed by atoms with Crippen molar-refractivity contribution in [2.75, 3.05) is 26.8 Å². The van der Waals surface area contributed by atoms with Gasteiger partial charge in [-0.05, 0) is 80.2 Å². The number of ether oxygens (including phenoxy) is 1. The van der Waals surface area contributed by atoms with Crippen molar-refractivity contribution in [3.63, 3.8) is 0 Å². The molecule has 1 aliphatic carbocycles. The van der Waals surface area contributed by atoms with Crippen LogP contribution in [-0.2, 0) is 22.5 Å². The Balaban J connectivity index is 1.21. The maximum Gasteiger partial charge on any atom is 0.329 e. The molecule has 7 heteroatoms. The van der Waals surface area contributed by atoms with Crippen molar-refractivity contribution in [2.45, 2.75) is 58.0 Å². The van der Waals surface area contributed by atoms with Gasteiger partial charge in [-0.25, -0.2) is 4.79 Å². The zero-order valence-electron chi connectivity index (χ0n) is 21.5. The minimum atomic E-state index is 0.0272. The van der Waals surface area contributed by atoms with Crippen molar-refractivity contribution >= 4 is 16.9 Å². The number of fused-ring (bicyclic) bond motifs is 1. The Morgan fingerprint density at radius 2 is 1.75 bits per heavy atom. The molecule has 2 aliphatic rings. The summed E-state index contributed by atoms with van der Waals surface area (Å²) in [7, 11) is 1.66. The summed E-state index contributed by atoms with van der Waals surface area (Å²) in [4.78, 5) is 33.0. The molecular formula is C29H38N4O3. The quantitative estimate of drug-likeness (QED) is 0.495. The van der Waals surface area contributed by atoms with Crippen LogP contribution in [0.5, 0.6) is 0 Å². The minimum absolute atomic E-state index is 0.0272. The SMILES string of the molecule is COCCn1c(=O)n(C2CCN(C(=O)C3CCC(Cc4ccncc4)C(C)C3)CC2)c2ccccc21. The van der Waals surface area contributed by atoms with Gasteiger partial charge in [-0.2, -0.15) is 0 Å². The van der Waals surface area contributed by atoms with Crippen LogP contribution in [0.2, 0.25) is 0 Å². The van der Waals surface area contributed by atoms with Crippen molar-refractivity contribution in [1.82, 2.24) is 19.0 Å². The predicted octanol–water partition coefficient (Wildman–Crippen LogP) is 4.30. The summed E-state index contributed by atoms with van der Waals surface area (Å²) < 4.78 is 9.01. The minimum Gasteiger partial charge on any atom is -0.383 e. The van der Waals surface area contributed by atoms with Crippen LogP contribution in [0.25, 0.3) is 11.0 Å². The third kappa shape index (κ3) is 4.99. The number of amides is 1. The molecule has 7 nitrogen and oxygen atoms in total. The molecule has 0 radical (unpaired) electrons. The molecule has 0 N–H and O–H groups in total. The first-order valence-corrected chi connectivity index (χ1v) is 13.4. The summed E-state index contributed by atoms with van der Waals surface area (Å²) in [6.45, 7) is 4.80. The van der Waals surface area contributed by atoms with Crippen LogP contribution in [0.3, 0.4) is 0 Å². The number of methoxy groups -OCH3 is 1. The van der Waals surface area contributed by atoms with Crippen LogP contribution < -0.4 is 5.69 Å². The Morgan fingerprint density at radius 1 is 1.03 bits per heavy atom. The number of carbonyl (C=O) groups is 1. The number of para-hydroxylation sites is 2. The molecule has 5 rings (SSSR count). The number of aromatic nitrogens is 3. The molecule has 0 spiro atoms. The lowest BCUT2D eigenvalue weighted by Gasteiger charge is -2.38. The molecule has 1 saturated heterocycles. The molecule has 1 aliphatic heterocycles. The third-order valence-electron chi connectivity index (χ3n) is 8.47. The number of hydrogen-bond donors (Lipinski definition) is 0. The van der Waals surface area contributed by atoms with Crippen molar-refractivity contribution < 1.29 is 9.53 Å². The van der Waals surface area contributed by atoms with Crippen molar-refractivity contribution in [2.24, 2.45) is 17.8 Å². The fraction of sp³-hybridized carbons (Fsp3) is 0.552. The van der Waals surface area contributed by atoms with Crippen LogP contribution in [-0.4, -0.2) is 51.7 Å². The van der Waals surface area contributed by atoms with Gasteiger partial charge in [0.1, 0.15) is 0 Å². The van der Waals surface area contributed by atoms with E-state index in [0.717, 1.165) is 62.6 Å². The number of rotatable bonds is 7. The molecule has 3 unspecified atom stereocenters. The fourth-order valence-electron chi connectivity index (χ4n) is 6.39. The van der Waals surface area contributed by atoms with Crippen molar-refractivity contribution in [3.8, 4) is 0 Å². The molecule has 192 valence electrons. The molecule has 2 fully saturated rings. The number of piperidine rings is 1. The van der Waals surface area contributed by atoms with Gasteiger partial charge >= 0.3 is 5.69 Å². The maximum absolute atomic E-state index is 13.4. The first-order chi connectivity index (χ1) is 17.6. The fourth-order valence-corrected chi connectivity index (χ4v) is 6.39. The first-order valence-electron chi connectivity index (χ1n) is 13.4. The molecule has 3 aromatic rings.